The van der Waals surface area contributed by atoms with Gasteiger partial charge in [-0.1, -0.05) is 6.92 Å². The van der Waals surface area contributed by atoms with Crippen molar-refractivity contribution < 1.29 is 0 Å². The second-order valence-electron chi connectivity index (χ2n) is 4.56. The first-order valence-electron chi connectivity index (χ1n) is 6.33. The Morgan fingerprint density at radius 1 is 1.37 bits per heavy atom. The highest BCUT2D eigenvalue weighted by atomic mass is 32.1. The van der Waals surface area contributed by atoms with Gasteiger partial charge in [-0.3, -0.25) is 0 Å². The van der Waals surface area contributed by atoms with Crippen LogP contribution in [0.15, 0.2) is 10.9 Å². The van der Waals surface area contributed by atoms with Crippen molar-refractivity contribution in [3.63, 3.8) is 0 Å². The molecule has 0 aliphatic rings. The quantitative estimate of drug-likeness (QED) is 0.909. The van der Waals surface area contributed by atoms with Crippen molar-refractivity contribution in [2.45, 2.75) is 33.2 Å². The summed E-state index contributed by atoms with van der Waals surface area (Å²) in [4.78, 5) is 15.3. The molecule has 19 heavy (non-hydrogen) atoms. The van der Waals surface area contributed by atoms with E-state index in [9.17, 15) is 0 Å². The number of nitrogens with zero attached hydrogens (tertiary/aromatic N) is 4. The van der Waals surface area contributed by atoms with Gasteiger partial charge >= 0.3 is 0 Å². The fourth-order valence-electron chi connectivity index (χ4n) is 1.91. The van der Waals surface area contributed by atoms with E-state index in [2.05, 4.69) is 26.8 Å². The summed E-state index contributed by atoms with van der Waals surface area (Å²) in [6.45, 7) is 4.79. The highest BCUT2D eigenvalue weighted by molar-refractivity contribution is 7.07. The molecule has 0 spiro atoms. The normalized spacial score (nSPS) is 10.7. The molecule has 0 fully saturated rings. The van der Waals surface area contributed by atoms with E-state index >= 15 is 0 Å². The van der Waals surface area contributed by atoms with Crippen LogP contribution in [0.2, 0.25) is 0 Å². The van der Waals surface area contributed by atoms with Crippen LogP contribution in [0, 0.1) is 6.92 Å². The van der Waals surface area contributed by atoms with Crippen molar-refractivity contribution >= 4 is 23.0 Å². The number of thiazole rings is 1. The Balaban J connectivity index is 2.26. The molecule has 102 valence electrons. The Morgan fingerprint density at radius 2 is 2.16 bits per heavy atom. The average Bonchev–Trinajstić information content (AvgIpc) is 2.86. The van der Waals surface area contributed by atoms with Crippen molar-refractivity contribution in [2.24, 2.45) is 0 Å². The zero-order chi connectivity index (χ0) is 13.8. The number of aryl methyl sites for hydroxylation is 1. The molecule has 0 bridgehead atoms. The smallest absolute Gasteiger partial charge is 0.137 e. The molecule has 6 heteroatoms. The molecular formula is C13H19N5S. The van der Waals surface area contributed by atoms with Gasteiger partial charge in [0.15, 0.2) is 0 Å². The van der Waals surface area contributed by atoms with Gasteiger partial charge in [-0.25, -0.2) is 15.0 Å². The van der Waals surface area contributed by atoms with E-state index in [-0.39, 0.29) is 0 Å². The molecule has 0 unspecified atom stereocenters. The number of nitrogen functional groups attached to an aromatic ring is 1. The molecular weight excluding hydrogens is 258 g/mol. The van der Waals surface area contributed by atoms with Gasteiger partial charge < -0.3 is 10.6 Å². The lowest BCUT2D eigenvalue weighted by molar-refractivity contribution is 0.804. The fourth-order valence-corrected chi connectivity index (χ4v) is 2.46. The maximum absolute atomic E-state index is 5.97. The van der Waals surface area contributed by atoms with Crippen LogP contribution in [0.4, 0.5) is 11.6 Å². The molecule has 5 nitrogen and oxygen atoms in total. The average molecular weight is 277 g/mol. The van der Waals surface area contributed by atoms with Gasteiger partial charge in [0.25, 0.3) is 0 Å². The molecule has 0 aromatic carbocycles. The van der Waals surface area contributed by atoms with Crippen LogP contribution in [0.25, 0.3) is 0 Å². The van der Waals surface area contributed by atoms with E-state index in [0.29, 0.717) is 5.82 Å². The molecule has 2 rings (SSSR count). The van der Waals surface area contributed by atoms with Crippen LogP contribution in [0.5, 0.6) is 0 Å². The van der Waals surface area contributed by atoms with Crippen LogP contribution in [0.1, 0.15) is 30.4 Å². The monoisotopic (exact) mass is 277 g/mol. The Labute approximate surface area is 117 Å². The van der Waals surface area contributed by atoms with Gasteiger partial charge in [-0.15, -0.1) is 11.3 Å². The summed E-state index contributed by atoms with van der Waals surface area (Å²) < 4.78 is 0. The number of hydrogen-bond donors (Lipinski definition) is 1. The van der Waals surface area contributed by atoms with Gasteiger partial charge in [-0.05, 0) is 13.3 Å². The minimum absolute atomic E-state index is 0.568. The second-order valence-corrected chi connectivity index (χ2v) is 5.28. The van der Waals surface area contributed by atoms with Crippen molar-refractivity contribution in [1.29, 1.82) is 0 Å². The van der Waals surface area contributed by atoms with E-state index in [1.165, 1.54) is 0 Å². The lowest BCUT2D eigenvalue weighted by Gasteiger charge is -2.20. The first kappa shape index (κ1) is 13.7. The van der Waals surface area contributed by atoms with Crippen LogP contribution in [-0.2, 0) is 13.0 Å². The first-order valence-corrected chi connectivity index (χ1v) is 7.27. The summed E-state index contributed by atoms with van der Waals surface area (Å²) in [5, 5.41) is 2.04. The van der Waals surface area contributed by atoms with E-state index in [1.807, 2.05) is 24.9 Å². The van der Waals surface area contributed by atoms with Gasteiger partial charge in [-0.2, -0.15) is 0 Å². The largest absolute Gasteiger partial charge is 0.383 e. The van der Waals surface area contributed by atoms with Crippen LogP contribution in [-0.4, -0.2) is 22.0 Å². The Kier molecular flexibility index (Phi) is 4.31. The fraction of sp³-hybridized carbons (Fsp3) is 0.462. The standard InChI is InChI=1S/C13H19N5S/c1-4-5-11-16-12(14)9(2)13(17-11)18(3)6-10-7-19-8-15-10/h7-8H,4-6H2,1-3H3,(H2,14,16,17). The lowest BCUT2D eigenvalue weighted by Crippen LogP contribution is -2.21. The first-order chi connectivity index (χ1) is 9.11. The predicted octanol–water partition coefficient (Wildman–Crippen LogP) is 2.41. The van der Waals surface area contributed by atoms with Crippen LogP contribution < -0.4 is 10.6 Å². The third kappa shape index (κ3) is 3.20. The maximum Gasteiger partial charge on any atom is 0.137 e. The van der Waals surface area contributed by atoms with Gasteiger partial charge in [0.2, 0.25) is 0 Å². The Morgan fingerprint density at radius 3 is 2.79 bits per heavy atom. The highest BCUT2D eigenvalue weighted by Crippen LogP contribution is 2.22. The minimum Gasteiger partial charge on any atom is -0.383 e. The van der Waals surface area contributed by atoms with Crippen molar-refractivity contribution in [3.8, 4) is 0 Å². The lowest BCUT2D eigenvalue weighted by atomic mass is 10.2. The molecule has 0 saturated heterocycles. The van der Waals surface area contributed by atoms with E-state index < -0.39 is 0 Å². The molecule has 2 heterocycles. The number of anilines is 2. The number of nitrogens with two attached hydrogens (primary N) is 1. The second kappa shape index (κ2) is 5.97. The number of aromatic nitrogens is 3. The molecule has 2 N–H and O–H groups in total. The summed E-state index contributed by atoms with van der Waals surface area (Å²) in [5.41, 5.74) is 9.78. The topological polar surface area (TPSA) is 67.9 Å². The highest BCUT2D eigenvalue weighted by Gasteiger charge is 2.13. The van der Waals surface area contributed by atoms with E-state index in [4.69, 9.17) is 5.73 Å². The Bertz CT molecular complexity index is 538. The SMILES string of the molecule is CCCc1nc(N)c(C)c(N(C)Cc2cscn2)n1. The summed E-state index contributed by atoms with van der Waals surface area (Å²) in [6, 6.07) is 0. The maximum atomic E-state index is 5.97. The summed E-state index contributed by atoms with van der Waals surface area (Å²) in [6.07, 6.45) is 1.86. The van der Waals surface area contributed by atoms with Crippen LogP contribution >= 0.6 is 11.3 Å². The zero-order valence-corrected chi connectivity index (χ0v) is 12.4. The van der Waals surface area contributed by atoms with E-state index in [0.717, 1.165) is 42.3 Å². The molecule has 2 aromatic rings. The minimum atomic E-state index is 0.568. The molecule has 0 aliphatic heterocycles. The molecule has 2 aromatic heterocycles. The molecule has 0 aliphatic carbocycles. The van der Waals surface area contributed by atoms with E-state index in [1.54, 1.807) is 11.3 Å². The van der Waals surface area contributed by atoms with Crippen LogP contribution in [0.3, 0.4) is 0 Å². The summed E-state index contributed by atoms with van der Waals surface area (Å²) in [5.74, 6) is 2.27. The summed E-state index contributed by atoms with van der Waals surface area (Å²) >= 11 is 1.60. The van der Waals surface area contributed by atoms with Crippen molar-refractivity contribution in [2.75, 3.05) is 17.7 Å². The van der Waals surface area contributed by atoms with Crippen molar-refractivity contribution in [1.82, 2.24) is 15.0 Å². The number of rotatable bonds is 5. The number of hydrogen-bond acceptors (Lipinski definition) is 6. The Hall–Kier alpha value is -1.69. The predicted molar refractivity (Wildman–Crippen MR) is 79.4 cm³/mol. The summed E-state index contributed by atoms with van der Waals surface area (Å²) in [7, 11) is 2.00. The molecule has 0 saturated carbocycles. The third-order valence-electron chi connectivity index (χ3n) is 2.92. The van der Waals surface area contributed by atoms with Crippen molar-refractivity contribution in [3.05, 3.63) is 28.0 Å². The van der Waals surface area contributed by atoms with Gasteiger partial charge in [0.05, 0.1) is 17.7 Å². The van der Waals surface area contributed by atoms with Gasteiger partial charge in [0.1, 0.15) is 17.5 Å². The third-order valence-corrected chi connectivity index (χ3v) is 3.56. The zero-order valence-electron chi connectivity index (χ0n) is 11.6. The molecule has 0 amide bonds. The van der Waals surface area contributed by atoms with Gasteiger partial charge in [0, 0.05) is 24.4 Å². The molecule has 0 radical (unpaired) electrons. The molecule has 0 atom stereocenters.